The standard InChI is InChI=1S/C14H10Br2N2O3/c15-9-2-1-3-10(7-9)17-14(21)18-12-5-4-8(13(19)20)6-11(12)16/h1-7H,(H,19,20)(H2,17,18,21). The number of aromatic carboxylic acids is 1. The van der Waals surface area contributed by atoms with E-state index >= 15 is 0 Å². The highest BCUT2D eigenvalue weighted by molar-refractivity contribution is 9.10. The lowest BCUT2D eigenvalue weighted by molar-refractivity contribution is 0.0697. The first-order chi connectivity index (χ1) is 9.95. The summed E-state index contributed by atoms with van der Waals surface area (Å²) < 4.78 is 1.35. The van der Waals surface area contributed by atoms with Crippen molar-refractivity contribution in [3.05, 3.63) is 57.0 Å². The predicted molar refractivity (Wildman–Crippen MR) is 87.9 cm³/mol. The lowest BCUT2D eigenvalue weighted by Gasteiger charge is -2.10. The molecule has 7 heteroatoms. The van der Waals surface area contributed by atoms with Crippen LogP contribution in [0.2, 0.25) is 0 Å². The van der Waals surface area contributed by atoms with Crippen molar-refractivity contribution in [2.75, 3.05) is 10.6 Å². The molecule has 108 valence electrons. The molecule has 0 bridgehead atoms. The van der Waals surface area contributed by atoms with Gasteiger partial charge >= 0.3 is 12.0 Å². The van der Waals surface area contributed by atoms with Gasteiger partial charge in [-0.25, -0.2) is 9.59 Å². The first-order valence-corrected chi connectivity index (χ1v) is 7.41. The number of carboxylic acid groups (broad SMARTS) is 1. The van der Waals surface area contributed by atoms with E-state index in [4.69, 9.17) is 5.11 Å². The largest absolute Gasteiger partial charge is 0.478 e. The number of urea groups is 1. The van der Waals surface area contributed by atoms with Gasteiger partial charge in [0, 0.05) is 14.6 Å². The third kappa shape index (κ3) is 4.30. The number of hydrogen-bond donors (Lipinski definition) is 3. The number of carboxylic acids is 1. The Labute approximate surface area is 137 Å². The molecule has 2 aromatic rings. The van der Waals surface area contributed by atoms with Gasteiger partial charge in [0.2, 0.25) is 0 Å². The number of hydrogen-bond acceptors (Lipinski definition) is 2. The molecule has 2 rings (SSSR count). The Morgan fingerprint density at radius 2 is 1.76 bits per heavy atom. The van der Waals surface area contributed by atoms with E-state index in [0.717, 1.165) is 4.47 Å². The second-order valence-electron chi connectivity index (χ2n) is 4.09. The summed E-state index contributed by atoms with van der Waals surface area (Å²) in [4.78, 5) is 22.7. The average molecular weight is 414 g/mol. The molecule has 2 amide bonds. The van der Waals surface area contributed by atoms with Crippen molar-refractivity contribution < 1.29 is 14.7 Å². The Morgan fingerprint density at radius 1 is 1.00 bits per heavy atom. The molecule has 21 heavy (non-hydrogen) atoms. The van der Waals surface area contributed by atoms with E-state index < -0.39 is 12.0 Å². The Hall–Kier alpha value is -1.86. The molecule has 0 spiro atoms. The van der Waals surface area contributed by atoms with Crippen molar-refractivity contribution in [3.8, 4) is 0 Å². The average Bonchev–Trinajstić information content (AvgIpc) is 2.40. The molecule has 5 nitrogen and oxygen atoms in total. The van der Waals surface area contributed by atoms with Crippen molar-refractivity contribution >= 4 is 55.2 Å². The van der Waals surface area contributed by atoms with Gasteiger partial charge in [-0.15, -0.1) is 0 Å². The first kappa shape index (κ1) is 15.5. The third-order valence-corrected chi connectivity index (χ3v) is 3.70. The van der Waals surface area contributed by atoms with Crippen LogP contribution in [0.25, 0.3) is 0 Å². The van der Waals surface area contributed by atoms with Crippen LogP contribution in [0.1, 0.15) is 10.4 Å². The predicted octanol–water partition coefficient (Wildman–Crippen LogP) is 4.55. The summed E-state index contributed by atoms with van der Waals surface area (Å²) in [7, 11) is 0. The van der Waals surface area contributed by atoms with Crippen LogP contribution in [0.15, 0.2) is 51.4 Å². The molecule has 0 aliphatic rings. The SMILES string of the molecule is O=C(Nc1cccc(Br)c1)Nc1ccc(C(=O)O)cc1Br. The summed E-state index contributed by atoms with van der Waals surface area (Å²) >= 11 is 6.54. The van der Waals surface area contributed by atoms with E-state index in [1.165, 1.54) is 18.2 Å². The van der Waals surface area contributed by atoms with E-state index in [-0.39, 0.29) is 5.56 Å². The number of rotatable bonds is 3. The van der Waals surface area contributed by atoms with Gasteiger partial charge in [-0.2, -0.15) is 0 Å². The number of amides is 2. The zero-order valence-electron chi connectivity index (χ0n) is 10.6. The minimum absolute atomic E-state index is 0.139. The first-order valence-electron chi connectivity index (χ1n) is 5.82. The zero-order chi connectivity index (χ0) is 15.4. The molecule has 0 fully saturated rings. The van der Waals surface area contributed by atoms with Gasteiger partial charge in [0.25, 0.3) is 0 Å². The van der Waals surface area contributed by atoms with Crippen molar-refractivity contribution in [2.24, 2.45) is 0 Å². The molecule has 0 radical (unpaired) electrons. The van der Waals surface area contributed by atoms with Crippen LogP contribution in [0.4, 0.5) is 16.2 Å². The highest BCUT2D eigenvalue weighted by Crippen LogP contribution is 2.24. The molecule has 3 N–H and O–H groups in total. The van der Waals surface area contributed by atoms with Gasteiger partial charge in [0.05, 0.1) is 11.3 Å². The van der Waals surface area contributed by atoms with Crippen LogP contribution in [0.3, 0.4) is 0 Å². The molecule has 0 heterocycles. The molecular formula is C14H10Br2N2O3. The molecule has 0 saturated heterocycles. The highest BCUT2D eigenvalue weighted by Gasteiger charge is 2.09. The summed E-state index contributed by atoms with van der Waals surface area (Å²) in [5.74, 6) is -1.03. The third-order valence-electron chi connectivity index (χ3n) is 2.55. The molecule has 0 atom stereocenters. The fourth-order valence-electron chi connectivity index (χ4n) is 1.60. The van der Waals surface area contributed by atoms with E-state index in [0.29, 0.717) is 15.8 Å². The number of benzene rings is 2. The highest BCUT2D eigenvalue weighted by atomic mass is 79.9. The summed E-state index contributed by atoms with van der Waals surface area (Å²) in [6.45, 7) is 0. The fraction of sp³-hybridized carbons (Fsp3) is 0. The van der Waals surface area contributed by atoms with Gasteiger partial charge < -0.3 is 15.7 Å². The van der Waals surface area contributed by atoms with Crippen LogP contribution in [0.5, 0.6) is 0 Å². The monoisotopic (exact) mass is 412 g/mol. The fourth-order valence-corrected chi connectivity index (χ4v) is 2.48. The van der Waals surface area contributed by atoms with Crippen molar-refractivity contribution in [1.82, 2.24) is 0 Å². The summed E-state index contributed by atoms with van der Waals surface area (Å²) in [5.41, 5.74) is 1.26. The Balaban J connectivity index is 2.08. The van der Waals surface area contributed by atoms with E-state index in [2.05, 4.69) is 42.5 Å². The van der Waals surface area contributed by atoms with Crippen molar-refractivity contribution in [2.45, 2.75) is 0 Å². The van der Waals surface area contributed by atoms with Gasteiger partial charge in [-0.05, 0) is 52.3 Å². The maximum Gasteiger partial charge on any atom is 0.335 e. The maximum absolute atomic E-state index is 11.9. The number of carbonyl (C=O) groups excluding carboxylic acids is 1. The van der Waals surface area contributed by atoms with Crippen LogP contribution in [-0.4, -0.2) is 17.1 Å². The lowest BCUT2D eigenvalue weighted by Crippen LogP contribution is -2.19. The van der Waals surface area contributed by atoms with Crippen molar-refractivity contribution in [1.29, 1.82) is 0 Å². The van der Waals surface area contributed by atoms with Gasteiger partial charge in [-0.1, -0.05) is 22.0 Å². The number of halogens is 2. The van der Waals surface area contributed by atoms with E-state index in [9.17, 15) is 9.59 Å². The Bertz CT molecular complexity index is 704. The number of carbonyl (C=O) groups is 2. The molecule has 0 aromatic heterocycles. The van der Waals surface area contributed by atoms with Gasteiger partial charge in [-0.3, -0.25) is 0 Å². The number of anilines is 2. The molecule has 0 aliphatic carbocycles. The Morgan fingerprint density at radius 3 is 2.38 bits per heavy atom. The normalized spacial score (nSPS) is 10.0. The topological polar surface area (TPSA) is 78.4 Å². The van der Waals surface area contributed by atoms with Gasteiger partial charge in [0.1, 0.15) is 0 Å². The van der Waals surface area contributed by atoms with E-state index in [1.807, 2.05) is 6.07 Å². The quantitative estimate of drug-likeness (QED) is 0.690. The van der Waals surface area contributed by atoms with Crippen LogP contribution in [-0.2, 0) is 0 Å². The Kier molecular flexibility index (Phi) is 4.98. The lowest BCUT2D eigenvalue weighted by atomic mass is 10.2. The molecule has 0 aliphatic heterocycles. The minimum atomic E-state index is -1.03. The molecule has 2 aromatic carbocycles. The van der Waals surface area contributed by atoms with Crippen LogP contribution < -0.4 is 10.6 Å². The molecule has 0 unspecified atom stereocenters. The maximum atomic E-state index is 11.9. The zero-order valence-corrected chi connectivity index (χ0v) is 13.7. The van der Waals surface area contributed by atoms with Gasteiger partial charge in [0.15, 0.2) is 0 Å². The number of nitrogens with one attached hydrogen (secondary N) is 2. The molecular weight excluding hydrogens is 404 g/mol. The summed E-state index contributed by atoms with van der Waals surface area (Å²) in [5, 5.41) is 14.2. The summed E-state index contributed by atoms with van der Waals surface area (Å²) in [6, 6.07) is 11.1. The van der Waals surface area contributed by atoms with E-state index in [1.54, 1.807) is 18.2 Å². The van der Waals surface area contributed by atoms with Crippen LogP contribution in [0, 0.1) is 0 Å². The summed E-state index contributed by atoms with van der Waals surface area (Å²) in [6.07, 6.45) is 0. The second-order valence-corrected chi connectivity index (χ2v) is 5.86. The van der Waals surface area contributed by atoms with Crippen molar-refractivity contribution in [3.63, 3.8) is 0 Å². The smallest absolute Gasteiger partial charge is 0.335 e. The molecule has 0 saturated carbocycles. The van der Waals surface area contributed by atoms with Crippen LogP contribution >= 0.6 is 31.9 Å². The minimum Gasteiger partial charge on any atom is -0.478 e. The second kappa shape index (κ2) is 6.73.